The van der Waals surface area contributed by atoms with Crippen molar-refractivity contribution in [1.82, 2.24) is 10.3 Å². The minimum absolute atomic E-state index is 0.0408. The van der Waals surface area contributed by atoms with Crippen LogP contribution in [0.15, 0.2) is 42.7 Å². The Morgan fingerprint density at radius 1 is 1.11 bits per heavy atom. The van der Waals surface area contributed by atoms with Crippen LogP contribution >= 0.6 is 0 Å². The molecule has 4 heteroatoms. The highest BCUT2D eigenvalue weighted by atomic mass is 19.1. The molecular weight excluding hydrogens is 231 g/mol. The van der Waals surface area contributed by atoms with E-state index in [9.17, 15) is 9.50 Å². The van der Waals surface area contributed by atoms with Gasteiger partial charge in [-0.3, -0.25) is 4.98 Å². The van der Waals surface area contributed by atoms with Gasteiger partial charge < -0.3 is 10.4 Å². The first-order chi connectivity index (χ1) is 8.74. The molecule has 1 heterocycles. The van der Waals surface area contributed by atoms with Gasteiger partial charge in [0, 0.05) is 25.0 Å². The van der Waals surface area contributed by atoms with Crippen molar-refractivity contribution in [2.75, 3.05) is 6.54 Å². The largest absolute Gasteiger partial charge is 0.508 e. The summed E-state index contributed by atoms with van der Waals surface area (Å²) in [5, 5.41) is 12.5. The SMILES string of the molecule is Oc1cc(F)cc(CNCCc2ccncc2)c1. The number of nitrogens with zero attached hydrogens (tertiary/aromatic N) is 1. The molecule has 0 aliphatic heterocycles. The highest BCUT2D eigenvalue weighted by molar-refractivity contribution is 5.28. The van der Waals surface area contributed by atoms with Crippen molar-refractivity contribution in [2.45, 2.75) is 13.0 Å². The van der Waals surface area contributed by atoms with Crippen molar-refractivity contribution in [3.05, 3.63) is 59.7 Å². The van der Waals surface area contributed by atoms with E-state index in [2.05, 4.69) is 10.3 Å². The zero-order chi connectivity index (χ0) is 12.8. The van der Waals surface area contributed by atoms with E-state index in [-0.39, 0.29) is 5.75 Å². The summed E-state index contributed by atoms with van der Waals surface area (Å²) < 4.78 is 13.0. The third-order valence-electron chi connectivity index (χ3n) is 2.61. The summed E-state index contributed by atoms with van der Waals surface area (Å²) in [7, 11) is 0. The van der Waals surface area contributed by atoms with Gasteiger partial charge in [-0.1, -0.05) is 0 Å². The van der Waals surface area contributed by atoms with Crippen molar-refractivity contribution in [1.29, 1.82) is 0 Å². The summed E-state index contributed by atoms with van der Waals surface area (Å²) in [6.07, 6.45) is 4.42. The maximum absolute atomic E-state index is 13.0. The number of benzene rings is 1. The van der Waals surface area contributed by atoms with Crippen molar-refractivity contribution in [3.8, 4) is 5.75 Å². The fraction of sp³-hybridized carbons (Fsp3) is 0.214. The Kier molecular flexibility index (Phi) is 4.25. The number of rotatable bonds is 5. The molecule has 2 aromatic rings. The maximum Gasteiger partial charge on any atom is 0.127 e. The molecule has 18 heavy (non-hydrogen) atoms. The van der Waals surface area contributed by atoms with Crippen LogP contribution in [0.25, 0.3) is 0 Å². The van der Waals surface area contributed by atoms with Gasteiger partial charge in [-0.2, -0.15) is 0 Å². The van der Waals surface area contributed by atoms with E-state index in [1.54, 1.807) is 18.5 Å². The smallest absolute Gasteiger partial charge is 0.127 e. The average molecular weight is 246 g/mol. The first-order valence-electron chi connectivity index (χ1n) is 5.82. The third-order valence-corrected chi connectivity index (χ3v) is 2.61. The lowest BCUT2D eigenvalue weighted by molar-refractivity contribution is 0.467. The molecule has 0 aliphatic carbocycles. The lowest BCUT2D eigenvalue weighted by atomic mass is 10.2. The van der Waals surface area contributed by atoms with Crippen LogP contribution in [-0.4, -0.2) is 16.6 Å². The van der Waals surface area contributed by atoms with Crippen molar-refractivity contribution >= 4 is 0 Å². The van der Waals surface area contributed by atoms with Crippen LogP contribution in [0, 0.1) is 5.82 Å². The van der Waals surface area contributed by atoms with Crippen LogP contribution in [0.3, 0.4) is 0 Å². The lowest BCUT2D eigenvalue weighted by Crippen LogP contribution is -2.16. The highest BCUT2D eigenvalue weighted by Gasteiger charge is 1.99. The van der Waals surface area contributed by atoms with Gasteiger partial charge >= 0.3 is 0 Å². The second-order valence-electron chi connectivity index (χ2n) is 4.10. The van der Waals surface area contributed by atoms with Gasteiger partial charge in [-0.25, -0.2) is 4.39 Å². The van der Waals surface area contributed by atoms with E-state index in [4.69, 9.17) is 0 Å². The molecule has 0 aliphatic rings. The Hall–Kier alpha value is -1.94. The van der Waals surface area contributed by atoms with E-state index in [1.807, 2.05) is 12.1 Å². The van der Waals surface area contributed by atoms with Gasteiger partial charge in [0.05, 0.1) is 0 Å². The molecule has 0 unspecified atom stereocenters. The first-order valence-corrected chi connectivity index (χ1v) is 5.82. The monoisotopic (exact) mass is 246 g/mol. The molecule has 3 nitrogen and oxygen atoms in total. The van der Waals surface area contributed by atoms with Crippen LogP contribution in [0.2, 0.25) is 0 Å². The number of hydrogen-bond acceptors (Lipinski definition) is 3. The normalized spacial score (nSPS) is 10.5. The predicted molar refractivity (Wildman–Crippen MR) is 67.7 cm³/mol. The molecule has 94 valence electrons. The molecule has 0 spiro atoms. The quantitative estimate of drug-likeness (QED) is 0.795. The number of pyridine rings is 1. The van der Waals surface area contributed by atoms with E-state index in [0.29, 0.717) is 6.54 Å². The average Bonchev–Trinajstić information content (AvgIpc) is 2.35. The van der Waals surface area contributed by atoms with Crippen LogP contribution in [0.4, 0.5) is 4.39 Å². The molecule has 1 aromatic heterocycles. The molecule has 0 saturated heterocycles. The van der Waals surface area contributed by atoms with Gasteiger partial charge in [0.1, 0.15) is 11.6 Å². The molecule has 2 N–H and O–H groups in total. The number of phenols is 1. The molecule has 2 rings (SSSR count). The van der Waals surface area contributed by atoms with Crippen LogP contribution in [0.5, 0.6) is 5.75 Å². The molecule has 0 atom stereocenters. The number of halogens is 1. The van der Waals surface area contributed by atoms with Gasteiger partial charge in [0.25, 0.3) is 0 Å². The zero-order valence-electron chi connectivity index (χ0n) is 9.94. The lowest BCUT2D eigenvalue weighted by Gasteiger charge is -2.06. The van der Waals surface area contributed by atoms with E-state index < -0.39 is 5.82 Å². The minimum atomic E-state index is -0.416. The van der Waals surface area contributed by atoms with Crippen molar-refractivity contribution in [3.63, 3.8) is 0 Å². The fourth-order valence-electron chi connectivity index (χ4n) is 1.75. The summed E-state index contributed by atoms with van der Waals surface area (Å²) in [5.74, 6) is -0.457. The third kappa shape index (κ3) is 3.82. The molecule has 0 saturated carbocycles. The maximum atomic E-state index is 13.0. The number of aromatic nitrogens is 1. The summed E-state index contributed by atoms with van der Waals surface area (Å²) in [5.41, 5.74) is 1.95. The Labute approximate surface area is 105 Å². The van der Waals surface area contributed by atoms with Gasteiger partial charge in [-0.15, -0.1) is 0 Å². The minimum Gasteiger partial charge on any atom is -0.508 e. The van der Waals surface area contributed by atoms with E-state index >= 15 is 0 Å². The molecule has 1 aromatic carbocycles. The number of nitrogens with one attached hydrogen (secondary N) is 1. The molecule has 0 bridgehead atoms. The van der Waals surface area contributed by atoms with Crippen LogP contribution in [-0.2, 0) is 13.0 Å². The number of aromatic hydroxyl groups is 1. The van der Waals surface area contributed by atoms with Crippen molar-refractivity contribution < 1.29 is 9.50 Å². The molecular formula is C14H15FN2O. The predicted octanol–water partition coefficient (Wildman–Crippen LogP) is 2.26. The van der Waals surface area contributed by atoms with Crippen LogP contribution in [0.1, 0.15) is 11.1 Å². The van der Waals surface area contributed by atoms with Gasteiger partial charge in [0.2, 0.25) is 0 Å². The van der Waals surface area contributed by atoms with Gasteiger partial charge in [0.15, 0.2) is 0 Å². The van der Waals surface area contributed by atoms with Gasteiger partial charge in [-0.05, 0) is 48.4 Å². The summed E-state index contributed by atoms with van der Waals surface area (Å²) in [6.45, 7) is 1.33. The Morgan fingerprint density at radius 3 is 2.61 bits per heavy atom. The van der Waals surface area contributed by atoms with E-state index in [0.717, 1.165) is 24.6 Å². The fourth-order valence-corrected chi connectivity index (χ4v) is 1.75. The van der Waals surface area contributed by atoms with E-state index in [1.165, 1.54) is 11.6 Å². The Morgan fingerprint density at radius 2 is 1.89 bits per heavy atom. The first kappa shape index (κ1) is 12.5. The number of hydrogen-bond donors (Lipinski definition) is 2. The second kappa shape index (κ2) is 6.12. The second-order valence-corrected chi connectivity index (χ2v) is 4.10. The Balaban J connectivity index is 1.78. The molecule has 0 fully saturated rings. The summed E-state index contributed by atoms with van der Waals surface area (Å²) >= 11 is 0. The van der Waals surface area contributed by atoms with Crippen molar-refractivity contribution in [2.24, 2.45) is 0 Å². The topological polar surface area (TPSA) is 45.1 Å². The standard InChI is InChI=1S/C14H15FN2O/c15-13-7-12(8-14(18)9-13)10-17-6-3-11-1-4-16-5-2-11/h1-2,4-5,7-9,17-18H,3,6,10H2. The summed E-state index contributed by atoms with van der Waals surface area (Å²) in [6, 6.07) is 8.01. The Bertz CT molecular complexity index is 482. The molecule has 0 amide bonds. The summed E-state index contributed by atoms with van der Waals surface area (Å²) in [4.78, 5) is 3.95. The van der Waals surface area contributed by atoms with Crippen LogP contribution < -0.4 is 5.32 Å². The molecule has 0 radical (unpaired) electrons. The number of phenolic OH excluding ortho intramolecular Hbond substituents is 1. The zero-order valence-corrected chi connectivity index (χ0v) is 9.94. The highest BCUT2D eigenvalue weighted by Crippen LogP contribution is 2.14.